The fraction of sp³-hybridized carbons (Fsp3) is 0.571. The third-order valence-corrected chi connectivity index (χ3v) is 3.26. The van der Waals surface area contributed by atoms with Crippen LogP contribution in [0.3, 0.4) is 0 Å². The summed E-state index contributed by atoms with van der Waals surface area (Å²) in [6.07, 6.45) is 2.58. The average Bonchev–Trinajstić information content (AvgIpc) is 3.14. The molecule has 1 aliphatic rings. The van der Waals surface area contributed by atoms with Gasteiger partial charge in [0, 0.05) is 31.4 Å². The Labute approximate surface area is 104 Å². The van der Waals surface area contributed by atoms with Crippen molar-refractivity contribution in [2.24, 2.45) is 5.73 Å². The number of methoxy groups -OCH3 is 1. The number of anilines is 1. The van der Waals surface area contributed by atoms with E-state index in [4.69, 9.17) is 10.5 Å². The highest BCUT2D eigenvalue weighted by Gasteiger charge is 2.30. The van der Waals surface area contributed by atoms with E-state index in [1.54, 1.807) is 7.11 Å². The van der Waals surface area contributed by atoms with Gasteiger partial charge in [-0.3, -0.25) is 0 Å². The lowest BCUT2D eigenvalue weighted by Gasteiger charge is -2.28. The monoisotopic (exact) mass is 234 g/mol. The predicted molar refractivity (Wildman–Crippen MR) is 71.3 cm³/mol. The molecule has 94 valence electrons. The van der Waals surface area contributed by atoms with Crippen molar-refractivity contribution < 1.29 is 4.74 Å². The van der Waals surface area contributed by atoms with Gasteiger partial charge in [0.2, 0.25) is 0 Å². The Hall–Kier alpha value is -1.06. The lowest BCUT2D eigenvalue weighted by molar-refractivity contribution is 0.205. The molecule has 1 fully saturated rings. The van der Waals surface area contributed by atoms with Crippen LogP contribution in [0, 0.1) is 0 Å². The zero-order valence-corrected chi connectivity index (χ0v) is 10.7. The van der Waals surface area contributed by atoms with Crippen LogP contribution in [0.4, 0.5) is 5.69 Å². The van der Waals surface area contributed by atoms with Crippen LogP contribution in [0.5, 0.6) is 0 Å². The van der Waals surface area contributed by atoms with Crippen molar-refractivity contribution in [2.45, 2.75) is 31.8 Å². The molecular formula is C14H22N2O. The maximum absolute atomic E-state index is 6.04. The topological polar surface area (TPSA) is 38.5 Å². The minimum absolute atomic E-state index is 0.0787. The van der Waals surface area contributed by atoms with Gasteiger partial charge in [-0.1, -0.05) is 18.2 Å². The lowest BCUT2D eigenvalue weighted by Crippen LogP contribution is -2.31. The van der Waals surface area contributed by atoms with Gasteiger partial charge in [-0.25, -0.2) is 0 Å². The van der Waals surface area contributed by atoms with Gasteiger partial charge in [0.15, 0.2) is 0 Å². The van der Waals surface area contributed by atoms with E-state index < -0.39 is 0 Å². The van der Waals surface area contributed by atoms with Crippen LogP contribution in [-0.2, 0) is 4.74 Å². The van der Waals surface area contributed by atoms with Crippen molar-refractivity contribution in [3.63, 3.8) is 0 Å². The van der Waals surface area contributed by atoms with Crippen molar-refractivity contribution in [3.05, 3.63) is 29.8 Å². The third-order valence-electron chi connectivity index (χ3n) is 3.26. The summed E-state index contributed by atoms with van der Waals surface area (Å²) in [5.74, 6) is 0. The number of nitrogens with two attached hydrogens (primary N) is 1. The molecule has 1 aliphatic carbocycles. The second-order valence-corrected chi connectivity index (χ2v) is 4.76. The highest BCUT2D eigenvalue weighted by molar-refractivity contribution is 5.56. The standard InChI is InChI=1S/C14H22N2O/c1-11(15)13-5-3-4-6-14(13)16(9-10-17-2)12-7-8-12/h3-6,11-12H,7-10,15H2,1-2H3. The lowest BCUT2D eigenvalue weighted by atomic mass is 10.1. The molecule has 1 aromatic rings. The average molecular weight is 234 g/mol. The van der Waals surface area contributed by atoms with Gasteiger partial charge in [-0.05, 0) is 31.4 Å². The van der Waals surface area contributed by atoms with Crippen LogP contribution in [0.1, 0.15) is 31.4 Å². The van der Waals surface area contributed by atoms with Crippen LogP contribution < -0.4 is 10.6 Å². The highest BCUT2D eigenvalue weighted by atomic mass is 16.5. The van der Waals surface area contributed by atoms with E-state index in [1.807, 2.05) is 6.92 Å². The Morgan fingerprint density at radius 2 is 2.12 bits per heavy atom. The van der Waals surface area contributed by atoms with Crippen molar-refractivity contribution in [3.8, 4) is 0 Å². The molecular weight excluding hydrogens is 212 g/mol. The van der Waals surface area contributed by atoms with Gasteiger partial charge in [0.1, 0.15) is 0 Å². The first-order valence-electron chi connectivity index (χ1n) is 6.34. The van der Waals surface area contributed by atoms with Crippen LogP contribution >= 0.6 is 0 Å². The van der Waals surface area contributed by atoms with E-state index in [1.165, 1.54) is 24.1 Å². The van der Waals surface area contributed by atoms with Crippen LogP contribution in [0.15, 0.2) is 24.3 Å². The van der Waals surface area contributed by atoms with E-state index in [2.05, 4.69) is 29.2 Å². The first-order valence-corrected chi connectivity index (χ1v) is 6.34. The van der Waals surface area contributed by atoms with Crippen molar-refractivity contribution in [1.82, 2.24) is 0 Å². The summed E-state index contributed by atoms with van der Waals surface area (Å²) in [4.78, 5) is 2.45. The van der Waals surface area contributed by atoms with Crippen LogP contribution in [-0.4, -0.2) is 26.3 Å². The molecule has 3 nitrogen and oxygen atoms in total. The summed E-state index contributed by atoms with van der Waals surface area (Å²) in [6, 6.07) is 9.21. The molecule has 0 heterocycles. The summed E-state index contributed by atoms with van der Waals surface area (Å²) in [5.41, 5.74) is 8.56. The number of ether oxygens (including phenoxy) is 1. The SMILES string of the molecule is COCCN(c1ccccc1C(C)N)C1CC1. The van der Waals surface area contributed by atoms with Gasteiger partial charge < -0.3 is 15.4 Å². The zero-order valence-electron chi connectivity index (χ0n) is 10.7. The molecule has 0 aliphatic heterocycles. The van der Waals surface area contributed by atoms with E-state index in [9.17, 15) is 0 Å². The number of rotatable bonds is 6. The third kappa shape index (κ3) is 2.99. The van der Waals surface area contributed by atoms with E-state index >= 15 is 0 Å². The van der Waals surface area contributed by atoms with Gasteiger partial charge in [0.25, 0.3) is 0 Å². The summed E-state index contributed by atoms with van der Waals surface area (Å²) in [6.45, 7) is 3.76. The quantitative estimate of drug-likeness (QED) is 0.821. The number of hydrogen-bond acceptors (Lipinski definition) is 3. The molecule has 0 aromatic heterocycles. The Balaban J connectivity index is 2.22. The molecule has 2 rings (SSSR count). The Morgan fingerprint density at radius 1 is 1.41 bits per heavy atom. The molecule has 1 saturated carbocycles. The number of hydrogen-bond donors (Lipinski definition) is 1. The van der Waals surface area contributed by atoms with Gasteiger partial charge >= 0.3 is 0 Å². The first kappa shape index (κ1) is 12.4. The molecule has 0 amide bonds. The van der Waals surface area contributed by atoms with Crippen molar-refractivity contribution >= 4 is 5.69 Å². The summed E-state index contributed by atoms with van der Waals surface area (Å²) in [5, 5.41) is 0. The molecule has 0 saturated heterocycles. The fourth-order valence-corrected chi connectivity index (χ4v) is 2.21. The van der Waals surface area contributed by atoms with Gasteiger partial charge in [-0.2, -0.15) is 0 Å². The smallest absolute Gasteiger partial charge is 0.0637 e. The highest BCUT2D eigenvalue weighted by Crippen LogP contribution is 2.34. The normalized spacial score (nSPS) is 16.9. The molecule has 0 bridgehead atoms. The van der Waals surface area contributed by atoms with E-state index in [0.29, 0.717) is 6.04 Å². The minimum atomic E-state index is 0.0787. The molecule has 3 heteroatoms. The maximum atomic E-state index is 6.04. The Morgan fingerprint density at radius 3 is 2.71 bits per heavy atom. The molecule has 1 unspecified atom stereocenters. The largest absolute Gasteiger partial charge is 0.383 e. The Bertz CT molecular complexity index is 361. The molecule has 2 N–H and O–H groups in total. The summed E-state index contributed by atoms with van der Waals surface area (Å²) >= 11 is 0. The van der Waals surface area contributed by atoms with Gasteiger partial charge in [0.05, 0.1) is 6.61 Å². The second kappa shape index (κ2) is 5.52. The van der Waals surface area contributed by atoms with Crippen molar-refractivity contribution in [2.75, 3.05) is 25.2 Å². The van der Waals surface area contributed by atoms with E-state index in [-0.39, 0.29) is 6.04 Å². The first-order chi connectivity index (χ1) is 8.24. The van der Waals surface area contributed by atoms with Gasteiger partial charge in [-0.15, -0.1) is 0 Å². The molecule has 17 heavy (non-hydrogen) atoms. The molecule has 1 atom stereocenters. The number of para-hydroxylation sites is 1. The fourth-order valence-electron chi connectivity index (χ4n) is 2.21. The summed E-state index contributed by atoms with van der Waals surface area (Å²) in [7, 11) is 1.75. The molecule has 1 aromatic carbocycles. The number of benzene rings is 1. The number of nitrogens with zero attached hydrogens (tertiary/aromatic N) is 1. The molecule has 0 spiro atoms. The van der Waals surface area contributed by atoms with Crippen LogP contribution in [0.25, 0.3) is 0 Å². The van der Waals surface area contributed by atoms with Crippen LogP contribution in [0.2, 0.25) is 0 Å². The predicted octanol–water partition coefficient (Wildman–Crippen LogP) is 2.32. The zero-order chi connectivity index (χ0) is 12.3. The minimum Gasteiger partial charge on any atom is -0.383 e. The molecule has 0 radical (unpaired) electrons. The summed E-state index contributed by atoms with van der Waals surface area (Å²) < 4.78 is 5.20. The Kier molecular flexibility index (Phi) is 4.02. The maximum Gasteiger partial charge on any atom is 0.0637 e. The second-order valence-electron chi connectivity index (χ2n) is 4.76. The van der Waals surface area contributed by atoms with E-state index in [0.717, 1.165) is 13.2 Å². The van der Waals surface area contributed by atoms with Crippen molar-refractivity contribution in [1.29, 1.82) is 0 Å².